The molecule has 59 nitrogen and oxygen atoms in total. The quantitative estimate of drug-likeness (QED) is 0.00728. The summed E-state index contributed by atoms with van der Waals surface area (Å²) in [4.78, 5) is 49.3. The molecule has 4 aromatic heterocycles. The minimum atomic E-state index is -5.35. The molecule has 0 aliphatic heterocycles. The Hall–Kier alpha value is -3.16. The van der Waals surface area contributed by atoms with Gasteiger partial charge in [-0.1, -0.05) is 48.6 Å². The molecule has 0 spiro atoms. The van der Waals surface area contributed by atoms with Crippen LogP contribution in [-0.2, 0) is 85.7 Å². The Bertz CT molecular complexity index is 6490. The van der Waals surface area contributed by atoms with E-state index in [0.717, 1.165) is 77.7 Å². The second-order valence-electron chi connectivity index (χ2n) is 27.8. The number of rotatable bonds is 53. The number of aliphatic hydroxyl groups excluding tert-OH is 10. The average molecular weight is 2230 g/mol. The van der Waals surface area contributed by atoms with Gasteiger partial charge in [0, 0.05) is 96.3 Å². The zero-order chi connectivity index (χ0) is 99.7. The van der Waals surface area contributed by atoms with Gasteiger partial charge in [0.05, 0.1) is 135 Å². The predicted molar refractivity (Wildman–Crippen MR) is 464 cm³/mol. The Morgan fingerprint density at radius 3 is 0.915 bits per heavy atom. The summed E-state index contributed by atoms with van der Waals surface area (Å²) in [7, 11) is -35.7. The largest absolute Gasteiger partial charge is 1.00 e. The summed E-state index contributed by atoms with van der Waals surface area (Å²) < 4.78 is 289. The maximum atomic E-state index is 12.5. The van der Waals surface area contributed by atoms with E-state index in [-0.39, 0.29) is 399 Å². The molecule has 6 unspecified atom stereocenters. The molecule has 0 radical (unpaired) electrons. The van der Waals surface area contributed by atoms with E-state index in [1.165, 1.54) is 55.2 Å². The monoisotopic (exact) mass is 2230 g/mol. The Morgan fingerprint density at radius 2 is 0.599 bits per heavy atom. The fourth-order valence-electron chi connectivity index (χ4n) is 10.7. The van der Waals surface area contributed by atoms with Crippen molar-refractivity contribution in [1.29, 1.82) is 0 Å². The third-order valence-corrected chi connectivity index (χ3v) is 23.5. The minimum Gasteiger partial charge on any atom is -0.748 e. The van der Waals surface area contributed by atoms with Gasteiger partial charge in [-0.2, -0.15) is 59.8 Å². The standard InChI is InChI=1S/C34H48N12O19S4.C33H46N12O16S4.8Na/c1-46(15-23(50)27(52)28(53)24(51)17-48)34-44-30(36-9-11-67(57,58)59)42-33(45-34)39-21-7-5-19(26(13-21)69(63,64)65)3-2-18-4-6-20(12-25(18)68(60,61)62)38-32-41-29(35-8-10-66(54,55)56)40-31(43-32)37-14-22(49)16-47;1-44(11-16-63(52,53)54)32-41-31(42-33(43-32)45(2)19-25(48)20-47)37-24-8-6-22(27(18-24)65(58,59)60)4-3-21-5-7-23(17-26(21)64(55,56)57)36-30-39-28(34-9-13-61-14-12-46)38-29(40-30)35-10-15-62(49,50)51;;;;;;;;/h2-7,12-13,22-24,27-28,47-53H,8-11,14-17H2,1H3,(H,54,55,56)(H,57,58,59)(H,60,61,62)(H,63,64,65)(H2,36,39,42,44,45)(H3,35,37,38,40,41,43);3-8,17-18,25,46-48H,9-16,19-20H2,1-2H3,(H,49,50,51)(H,52,53,54)(H,55,56,57)(H,58,59,60)(H,37,41,42,43)(H3,34,35,36,38,39,40);;;;;;;;/q;;8*+1/p-8. The molecule has 142 heavy (non-hydrogen) atoms. The van der Waals surface area contributed by atoms with Crippen molar-refractivity contribution >= 4 is 199 Å². The molecule has 4 aromatic carbocycles. The summed E-state index contributed by atoms with van der Waals surface area (Å²) in [6.45, 7) is -4.88. The summed E-state index contributed by atoms with van der Waals surface area (Å²) in [5, 5.41) is 120. The maximum absolute atomic E-state index is 12.5. The number of benzene rings is 4. The molecule has 0 amide bonds. The smallest absolute Gasteiger partial charge is 0.748 e. The summed E-state index contributed by atoms with van der Waals surface area (Å²) in [5.41, 5.74) is -1.61. The van der Waals surface area contributed by atoms with Gasteiger partial charge in [-0.05, 0) is 70.8 Å². The van der Waals surface area contributed by atoms with Gasteiger partial charge < -0.3 is 155 Å². The molecule has 6 atom stereocenters. The molecule has 0 aliphatic rings. The number of aromatic nitrogens is 12. The molecule has 0 saturated heterocycles. The number of nitrogens with zero attached hydrogens (tertiary/aromatic N) is 15. The molecule has 4 heterocycles. The summed E-state index contributed by atoms with van der Waals surface area (Å²) in [5.74, 6) is -6.58. The van der Waals surface area contributed by atoms with E-state index >= 15 is 0 Å². The second-order valence-corrected chi connectivity index (χ2v) is 39.3. The normalized spacial score (nSPS) is 13.0. The second kappa shape index (κ2) is 64.6. The van der Waals surface area contributed by atoms with E-state index in [2.05, 4.69) is 108 Å². The topological polar surface area (TPSA) is 942 Å². The maximum Gasteiger partial charge on any atom is 1.00 e. The van der Waals surface area contributed by atoms with Crippen molar-refractivity contribution in [3.8, 4) is 0 Å². The molecule has 0 fully saturated rings. The molecule has 0 bridgehead atoms. The van der Waals surface area contributed by atoms with Crippen LogP contribution in [0.15, 0.2) is 92.4 Å². The van der Waals surface area contributed by atoms with Crippen molar-refractivity contribution in [3.63, 3.8) is 0 Å². The number of hydrogen-bond acceptors (Lipinski definition) is 59. The van der Waals surface area contributed by atoms with Gasteiger partial charge in [0.1, 0.15) is 64.9 Å². The van der Waals surface area contributed by atoms with E-state index < -0.39 is 206 Å². The first-order valence-electron chi connectivity index (χ1n) is 37.9. The van der Waals surface area contributed by atoms with Crippen molar-refractivity contribution in [2.75, 3.05) is 199 Å². The summed E-state index contributed by atoms with van der Waals surface area (Å²) in [6, 6.07) is 13.0. The van der Waals surface area contributed by atoms with E-state index in [9.17, 15) is 140 Å². The molecule has 75 heteroatoms. The fourth-order valence-corrected chi connectivity index (χ4v) is 15.1. The van der Waals surface area contributed by atoms with Gasteiger partial charge in [0.15, 0.2) is 0 Å². The van der Waals surface area contributed by atoms with Crippen LogP contribution in [-0.4, -0.2) is 387 Å². The van der Waals surface area contributed by atoms with Crippen LogP contribution in [0, 0.1) is 0 Å². The van der Waals surface area contributed by atoms with Crippen LogP contribution in [0.1, 0.15) is 22.3 Å². The van der Waals surface area contributed by atoms with E-state index in [4.69, 9.17) is 20.1 Å². The van der Waals surface area contributed by atoms with Crippen molar-refractivity contribution in [1.82, 2.24) is 59.8 Å². The van der Waals surface area contributed by atoms with E-state index in [0.29, 0.717) is 0 Å². The SMILES string of the molecule is CN(CC(O)C(O)C(O)C(O)CO)c1nc(NCCS(=O)(=O)[O-])nc(Nc2ccc(C=Cc3ccc(Nc4nc(NCCS(=O)(=O)[O-])nc(NCC(O)CO)n4)cc3S(=O)(=O)[O-])c(S(=O)(=O)[O-])c2)n1.CN(CCS(=O)(=O)[O-])c1nc(Nc2ccc(C=Cc3ccc(Nc4nc(NCCOCCO)nc(NCCS(=O)(=O)[O-])n4)cc3S(=O)(=O)[O-])c(S(=O)(=O)[O-])c2)nc(N(C)CC(O)CO)n1.[Na+].[Na+].[Na+].[Na+].[Na+].[Na+].[Na+].[Na+]. The average Bonchev–Trinajstić information content (AvgIpc) is 0.798. The van der Waals surface area contributed by atoms with Crippen LogP contribution < -0.4 is 299 Å². The number of anilines is 16. The van der Waals surface area contributed by atoms with Gasteiger partial charge in [0.2, 0.25) is 71.4 Å². The van der Waals surface area contributed by atoms with Crippen molar-refractivity contribution < 1.29 is 396 Å². The molecular formula is C67H86N24Na8O35S8. The van der Waals surface area contributed by atoms with Crippen molar-refractivity contribution in [2.24, 2.45) is 0 Å². The zero-order valence-corrected chi connectivity index (χ0v) is 100. The van der Waals surface area contributed by atoms with Gasteiger partial charge in [0.25, 0.3) is 0 Å². The molecule has 0 saturated carbocycles. The van der Waals surface area contributed by atoms with Crippen LogP contribution in [0.3, 0.4) is 0 Å². The zero-order valence-electron chi connectivity index (χ0n) is 77.6. The molecule has 0 aliphatic carbocycles. The van der Waals surface area contributed by atoms with Crippen molar-refractivity contribution in [3.05, 3.63) is 95.1 Å². The number of nitrogens with one attached hydrogen (secondary N) is 9. The van der Waals surface area contributed by atoms with E-state index in [1.54, 1.807) is 0 Å². The van der Waals surface area contributed by atoms with Gasteiger partial charge in [-0.15, -0.1) is 0 Å². The Kier molecular flexibility index (Phi) is 64.1. The third kappa shape index (κ3) is 50.4. The predicted octanol–water partition coefficient (Wildman–Crippen LogP) is -31.2. The number of aliphatic hydroxyl groups is 10. The third-order valence-electron chi connectivity index (χ3n) is 17.1. The van der Waals surface area contributed by atoms with E-state index in [1.807, 2.05) is 0 Å². The van der Waals surface area contributed by atoms with Gasteiger partial charge in [-0.25, -0.2) is 67.3 Å². The van der Waals surface area contributed by atoms with Crippen LogP contribution in [0.2, 0.25) is 0 Å². The first-order valence-corrected chi connectivity index (χ1v) is 49.9. The van der Waals surface area contributed by atoms with Gasteiger partial charge >= 0.3 is 236 Å². The molecule has 8 rings (SSSR count). The number of hydrogen-bond donors (Lipinski definition) is 19. The van der Waals surface area contributed by atoms with Crippen LogP contribution >= 0.6 is 0 Å². The Balaban J connectivity index is 0. The summed E-state index contributed by atoms with van der Waals surface area (Å²) in [6.07, 6.45) is -6.01. The number of likely N-dealkylation sites (N-methyl/N-ethyl adjacent to an activating group) is 2. The number of ether oxygens (including phenoxy) is 1. The summed E-state index contributed by atoms with van der Waals surface area (Å²) >= 11 is 0. The Labute approximate surface area is 991 Å². The molecule has 19 N–H and O–H groups in total. The van der Waals surface area contributed by atoms with Crippen LogP contribution in [0.25, 0.3) is 24.3 Å². The Morgan fingerprint density at radius 1 is 0.324 bits per heavy atom. The van der Waals surface area contributed by atoms with Crippen LogP contribution in [0.4, 0.5) is 94.1 Å². The molecular weight excluding hydrogens is 2140 g/mol. The first-order chi connectivity index (χ1) is 62.4. The van der Waals surface area contributed by atoms with Gasteiger partial charge in [-0.3, -0.25) is 0 Å². The first kappa shape index (κ1) is 141. The molecule has 740 valence electrons. The minimum absolute atomic E-state index is 0. The van der Waals surface area contributed by atoms with Crippen LogP contribution in [0.5, 0.6) is 0 Å². The fraction of sp³-hybridized carbons (Fsp3) is 0.403. The van der Waals surface area contributed by atoms with Crippen molar-refractivity contribution in [2.45, 2.75) is 56.2 Å². The molecule has 8 aromatic rings.